The van der Waals surface area contributed by atoms with Crippen molar-refractivity contribution in [2.24, 2.45) is 0 Å². The monoisotopic (exact) mass is 149 g/mol. The standard InChI is InChI=1S/C7H15N.ClH/c1-4-5-6-7-8(2)3;/h6-7H,4-5H2,1-3H3;1H. The maximum Gasteiger partial charge on any atom is 0.00555 e. The fourth-order valence-corrected chi connectivity index (χ4v) is 0.452. The van der Waals surface area contributed by atoms with Crippen LogP contribution in [0.4, 0.5) is 0 Å². The van der Waals surface area contributed by atoms with Crippen LogP contribution in [0.2, 0.25) is 0 Å². The normalized spacial score (nSPS) is 9.22. The molecule has 0 saturated heterocycles. The third kappa shape index (κ3) is 11.4. The molecule has 9 heavy (non-hydrogen) atoms. The van der Waals surface area contributed by atoms with E-state index in [9.17, 15) is 0 Å². The van der Waals surface area contributed by atoms with Gasteiger partial charge in [0.1, 0.15) is 0 Å². The van der Waals surface area contributed by atoms with E-state index in [-0.39, 0.29) is 12.4 Å². The Morgan fingerprint density at radius 3 is 2.22 bits per heavy atom. The predicted molar refractivity (Wildman–Crippen MR) is 45.0 cm³/mol. The van der Waals surface area contributed by atoms with Crippen LogP contribution in [0.5, 0.6) is 0 Å². The molecule has 0 bridgehead atoms. The largest absolute Gasteiger partial charge is 0.384 e. The molecule has 0 rings (SSSR count). The van der Waals surface area contributed by atoms with Crippen LogP contribution in [0.25, 0.3) is 0 Å². The number of unbranched alkanes of at least 4 members (excludes halogenated alkanes) is 1. The first-order chi connectivity index (χ1) is 3.77. The minimum atomic E-state index is 0. The maximum atomic E-state index is 2.18. The van der Waals surface area contributed by atoms with Crippen molar-refractivity contribution >= 4 is 12.4 Å². The van der Waals surface area contributed by atoms with Crippen molar-refractivity contribution in [2.45, 2.75) is 19.8 Å². The van der Waals surface area contributed by atoms with Crippen molar-refractivity contribution in [1.82, 2.24) is 4.90 Å². The third-order valence-corrected chi connectivity index (χ3v) is 0.859. The zero-order valence-electron chi connectivity index (χ0n) is 6.42. The summed E-state index contributed by atoms with van der Waals surface area (Å²) in [4.78, 5) is 2.05. The second kappa shape index (κ2) is 7.83. The Labute approximate surface area is 64.2 Å². The van der Waals surface area contributed by atoms with Crippen LogP contribution < -0.4 is 0 Å². The zero-order chi connectivity index (χ0) is 6.41. The van der Waals surface area contributed by atoms with Gasteiger partial charge in [-0.15, -0.1) is 12.4 Å². The van der Waals surface area contributed by atoms with Crippen LogP contribution in [0.1, 0.15) is 19.8 Å². The lowest BCUT2D eigenvalue weighted by Crippen LogP contribution is -1.99. The van der Waals surface area contributed by atoms with Crippen molar-refractivity contribution in [1.29, 1.82) is 0 Å². The Morgan fingerprint density at radius 2 is 1.89 bits per heavy atom. The Balaban J connectivity index is 0. The molecule has 0 radical (unpaired) electrons. The fraction of sp³-hybridized carbons (Fsp3) is 0.714. The molecule has 0 aliphatic heterocycles. The second-order valence-electron chi connectivity index (χ2n) is 2.14. The smallest absolute Gasteiger partial charge is 0.00555 e. The third-order valence-electron chi connectivity index (χ3n) is 0.859. The van der Waals surface area contributed by atoms with Crippen LogP contribution in [-0.4, -0.2) is 19.0 Å². The first-order valence-electron chi connectivity index (χ1n) is 3.10. The number of allylic oxidation sites excluding steroid dienone is 1. The van der Waals surface area contributed by atoms with E-state index in [1.54, 1.807) is 0 Å². The topological polar surface area (TPSA) is 3.24 Å². The molecule has 0 saturated carbocycles. The molecule has 0 amide bonds. The Morgan fingerprint density at radius 1 is 1.33 bits per heavy atom. The molecule has 0 aliphatic rings. The van der Waals surface area contributed by atoms with Crippen LogP contribution >= 0.6 is 12.4 Å². The van der Waals surface area contributed by atoms with Gasteiger partial charge in [0.25, 0.3) is 0 Å². The lowest BCUT2D eigenvalue weighted by atomic mass is 10.3. The van der Waals surface area contributed by atoms with E-state index in [0.29, 0.717) is 0 Å². The quantitative estimate of drug-likeness (QED) is 0.595. The number of halogens is 1. The molecular weight excluding hydrogens is 134 g/mol. The van der Waals surface area contributed by atoms with E-state index in [1.807, 2.05) is 14.1 Å². The highest BCUT2D eigenvalue weighted by Gasteiger charge is 1.73. The Kier molecular flexibility index (Phi) is 10.1. The van der Waals surface area contributed by atoms with Gasteiger partial charge in [-0.2, -0.15) is 0 Å². The zero-order valence-corrected chi connectivity index (χ0v) is 7.24. The highest BCUT2D eigenvalue weighted by atomic mass is 35.5. The van der Waals surface area contributed by atoms with E-state index in [0.717, 1.165) is 0 Å². The minimum absolute atomic E-state index is 0. The summed E-state index contributed by atoms with van der Waals surface area (Å²) < 4.78 is 0. The number of hydrogen-bond acceptors (Lipinski definition) is 1. The molecule has 0 aromatic rings. The van der Waals surface area contributed by atoms with Gasteiger partial charge >= 0.3 is 0 Å². The molecule has 0 atom stereocenters. The summed E-state index contributed by atoms with van der Waals surface area (Å²) in [5.41, 5.74) is 0. The van der Waals surface area contributed by atoms with Gasteiger partial charge in [-0.25, -0.2) is 0 Å². The summed E-state index contributed by atoms with van der Waals surface area (Å²) in [6.45, 7) is 2.18. The van der Waals surface area contributed by atoms with E-state index in [1.165, 1.54) is 12.8 Å². The van der Waals surface area contributed by atoms with Gasteiger partial charge in [-0.3, -0.25) is 0 Å². The summed E-state index contributed by atoms with van der Waals surface area (Å²) in [5.74, 6) is 0. The molecule has 56 valence electrons. The number of nitrogens with zero attached hydrogens (tertiary/aromatic N) is 1. The van der Waals surface area contributed by atoms with E-state index >= 15 is 0 Å². The van der Waals surface area contributed by atoms with Crippen LogP contribution in [0.15, 0.2) is 12.3 Å². The molecule has 2 heteroatoms. The molecule has 0 N–H and O–H groups in total. The van der Waals surface area contributed by atoms with Crippen molar-refractivity contribution in [2.75, 3.05) is 14.1 Å². The maximum absolute atomic E-state index is 2.18. The van der Waals surface area contributed by atoms with Gasteiger partial charge in [0, 0.05) is 14.1 Å². The van der Waals surface area contributed by atoms with Crippen LogP contribution in [-0.2, 0) is 0 Å². The van der Waals surface area contributed by atoms with Gasteiger partial charge in [0.15, 0.2) is 0 Å². The highest BCUT2D eigenvalue weighted by Crippen LogP contribution is 1.88. The lowest BCUT2D eigenvalue weighted by molar-refractivity contribution is 0.560. The predicted octanol–water partition coefficient (Wildman–Crippen LogP) is 2.28. The Bertz CT molecular complexity index is 69.3. The van der Waals surface area contributed by atoms with Crippen molar-refractivity contribution in [3.05, 3.63) is 12.3 Å². The number of hydrogen-bond donors (Lipinski definition) is 0. The minimum Gasteiger partial charge on any atom is -0.384 e. The summed E-state index contributed by atoms with van der Waals surface area (Å²) in [5, 5.41) is 0. The molecule has 0 aromatic heterocycles. The molecule has 0 heterocycles. The molecule has 0 fully saturated rings. The van der Waals surface area contributed by atoms with Gasteiger partial charge in [0.05, 0.1) is 0 Å². The molecule has 0 aliphatic carbocycles. The molecular formula is C7H16ClN. The van der Waals surface area contributed by atoms with Crippen molar-refractivity contribution in [3.8, 4) is 0 Å². The molecule has 0 aromatic carbocycles. The summed E-state index contributed by atoms with van der Waals surface area (Å²) in [6, 6.07) is 0. The molecule has 0 unspecified atom stereocenters. The van der Waals surface area contributed by atoms with Crippen LogP contribution in [0.3, 0.4) is 0 Å². The van der Waals surface area contributed by atoms with Crippen molar-refractivity contribution < 1.29 is 0 Å². The average Bonchev–Trinajstić information content (AvgIpc) is 1.66. The summed E-state index contributed by atoms with van der Waals surface area (Å²) in [6.07, 6.45) is 6.70. The van der Waals surface area contributed by atoms with E-state index in [4.69, 9.17) is 0 Å². The lowest BCUT2D eigenvalue weighted by Gasteiger charge is -2.01. The average molecular weight is 150 g/mol. The van der Waals surface area contributed by atoms with Gasteiger partial charge < -0.3 is 4.90 Å². The first kappa shape index (κ1) is 11.6. The van der Waals surface area contributed by atoms with Gasteiger partial charge in [-0.1, -0.05) is 19.4 Å². The number of rotatable bonds is 3. The molecule has 1 nitrogen and oxygen atoms in total. The SMILES string of the molecule is CCCC=CN(C)C.Cl. The fourth-order valence-electron chi connectivity index (χ4n) is 0.452. The molecule has 0 spiro atoms. The van der Waals surface area contributed by atoms with Gasteiger partial charge in [-0.05, 0) is 12.6 Å². The summed E-state index contributed by atoms with van der Waals surface area (Å²) >= 11 is 0. The van der Waals surface area contributed by atoms with Gasteiger partial charge in [0.2, 0.25) is 0 Å². The van der Waals surface area contributed by atoms with E-state index in [2.05, 4.69) is 24.1 Å². The first-order valence-corrected chi connectivity index (χ1v) is 3.10. The highest BCUT2D eigenvalue weighted by molar-refractivity contribution is 5.85. The van der Waals surface area contributed by atoms with Crippen molar-refractivity contribution in [3.63, 3.8) is 0 Å². The summed E-state index contributed by atoms with van der Waals surface area (Å²) in [7, 11) is 4.07. The van der Waals surface area contributed by atoms with Crippen LogP contribution in [0, 0.1) is 0 Å². The second-order valence-corrected chi connectivity index (χ2v) is 2.14. The van der Waals surface area contributed by atoms with E-state index < -0.39 is 0 Å². The Hall–Kier alpha value is -0.170.